The smallest absolute Gasteiger partial charge is 0.312 e. The number of ether oxygens (including phenoxy) is 1. The van der Waals surface area contributed by atoms with Crippen LogP contribution in [0.15, 0.2) is 24.3 Å². The molecule has 0 aliphatic heterocycles. The molecule has 1 aromatic carbocycles. The minimum absolute atomic E-state index is 0.167. The van der Waals surface area contributed by atoms with Gasteiger partial charge in [-0.15, -0.1) is 0 Å². The van der Waals surface area contributed by atoms with Crippen molar-refractivity contribution in [3.05, 3.63) is 29.8 Å². The zero-order valence-corrected chi connectivity index (χ0v) is 14.0. The van der Waals surface area contributed by atoms with Gasteiger partial charge in [0.15, 0.2) is 6.61 Å². The Labute approximate surface area is 145 Å². The predicted molar refractivity (Wildman–Crippen MR) is 88.9 cm³/mol. The molecule has 5 N–H and O–H groups in total. The van der Waals surface area contributed by atoms with Gasteiger partial charge in [0.2, 0.25) is 0 Å². The van der Waals surface area contributed by atoms with Crippen molar-refractivity contribution in [2.24, 2.45) is 11.7 Å². The average Bonchev–Trinajstić information content (AvgIpc) is 2.62. The highest BCUT2D eigenvalue weighted by Gasteiger charge is 2.25. The number of hydrogen-bond acceptors (Lipinski definition) is 5. The zero-order valence-electron chi connectivity index (χ0n) is 14.0. The van der Waals surface area contributed by atoms with E-state index in [4.69, 9.17) is 15.7 Å². The fraction of sp³-hybridized carbons (Fsp3) is 0.375. The van der Waals surface area contributed by atoms with Gasteiger partial charge < -0.3 is 15.8 Å². The fourth-order valence-electron chi connectivity index (χ4n) is 1.87. The molecule has 9 heteroatoms. The summed E-state index contributed by atoms with van der Waals surface area (Å²) in [5, 5.41) is 11.0. The number of carbonyl (C=O) groups is 3. The Bertz CT molecular complexity index is 653. The minimum atomic E-state index is -0.859. The highest BCUT2D eigenvalue weighted by molar-refractivity contribution is 5.88. The van der Waals surface area contributed by atoms with Gasteiger partial charge in [0.25, 0.3) is 11.8 Å². The molecule has 9 nitrogen and oxygen atoms in total. The van der Waals surface area contributed by atoms with Crippen LogP contribution in [0.1, 0.15) is 25.8 Å². The molecule has 1 rings (SSSR count). The number of nitriles is 1. The predicted octanol–water partition coefficient (Wildman–Crippen LogP) is 0.167. The van der Waals surface area contributed by atoms with Crippen LogP contribution in [-0.2, 0) is 9.59 Å². The van der Waals surface area contributed by atoms with E-state index >= 15 is 0 Å². The van der Waals surface area contributed by atoms with E-state index in [1.54, 1.807) is 31.2 Å². The third kappa shape index (κ3) is 6.78. The summed E-state index contributed by atoms with van der Waals surface area (Å²) in [7, 11) is 0. The average molecular weight is 347 g/mol. The van der Waals surface area contributed by atoms with Gasteiger partial charge >= 0.3 is 6.03 Å². The maximum Gasteiger partial charge on any atom is 0.312 e. The molecule has 2 unspecified atom stereocenters. The molecule has 1 aromatic rings. The molecule has 0 bridgehead atoms. The zero-order chi connectivity index (χ0) is 18.8. The van der Waals surface area contributed by atoms with Crippen LogP contribution in [0.4, 0.5) is 4.79 Å². The molecule has 0 fully saturated rings. The molecular weight excluding hydrogens is 326 g/mol. The Balaban J connectivity index is 2.46. The van der Waals surface area contributed by atoms with Gasteiger partial charge in [-0.3, -0.25) is 20.4 Å². The van der Waals surface area contributed by atoms with E-state index in [0.29, 0.717) is 17.7 Å². The van der Waals surface area contributed by atoms with Gasteiger partial charge in [0.1, 0.15) is 11.8 Å². The normalized spacial score (nSPS) is 12.2. The Morgan fingerprint density at radius 1 is 1.24 bits per heavy atom. The molecule has 0 saturated heterocycles. The molecule has 0 aromatic heterocycles. The second-order valence-electron chi connectivity index (χ2n) is 5.33. The lowest BCUT2D eigenvalue weighted by Gasteiger charge is -2.22. The van der Waals surface area contributed by atoms with Crippen LogP contribution in [-0.4, -0.2) is 30.5 Å². The number of benzene rings is 1. The van der Waals surface area contributed by atoms with Crippen molar-refractivity contribution in [1.29, 1.82) is 5.26 Å². The summed E-state index contributed by atoms with van der Waals surface area (Å²) in [5.41, 5.74) is 9.95. The molecule has 0 spiro atoms. The Morgan fingerprint density at radius 3 is 2.40 bits per heavy atom. The van der Waals surface area contributed by atoms with E-state index in [1.165, 1.54) is 0 Å². The summed E-state index contributed by atoms with van der Waals surface area (Å²) in [6.07, 6.45) is 0.633. The number of nitrogens with one attached hydrogen (secondary N) is 3. The molecule has 4 amide bonds. The van der Waals surface area contributed by atoms with E-state index in [0.717, 1.165) is 0 Å². The van der Waals surface area contributed by atoms with E-state index in [2.05, 4.69) is 16.2 Å². The molecule has 0 aliphatic carbocycles. The lowest BCUT2D eigenvalue weighted by Crippen LogP contribution is -2.56. The minimum Gasteiger partial charge on any atom is -0.484 e. The highest BCUT2D eigenvalue weighted by atomic mass is 16.5. The van der Waals surface area contributed by atoms with Crippen molar-refractivity contribution in [2.75, 3.05) is 6.61 Å². The largest absolute Gasteiger partial charge is 0.484 e. The summed E-state index contributed by atoms with van der Waals surface area (Å²) in [5.74, 6) is -0.924. The first kappa shape index (κ1) is 19.8. The summed E-state index contributed by atoms with van der Waals surface area (Å²) < 4.78 is 5.23. The van der Waals surface area contributed by atoms with Crippen LogP contribution >= 0.6 is 0 Å². The van der Waals surface area contributed by atoms with Crippen LogP contribution in [0.25, 0.3) is 0 Å². The van der Waals surface area contributed by atoms with E-state index < -0.39 is 23.9 Å². The maximum absolute atomic E-state index is 12.1. The number of rotatable bonds is 7. The molecular formula is C16H21N5O4. The number of hydrazine groups is 1. The van der Waals surface area contributed by atoms with Crippen LogP contribution in [0.3, 0.4) is 0 Å². The second-order valence-corrected chi connectivity index (χ2v) is 5.33. The van der Waals surface area contributed by atoms with Gasteiger partial charge in [-0.25, -0.2) is 4.79 Å². The van der Waals surface area contributed by atoms with E-state index in [1.807, 2.05) is 13.0 Å². The Kier molecular flexibility index (Phi) is 7.72. The lowest BCUT2D eigenvalue weighted by molar-refractivity contribution is -0.131. The van der Waals surface area contributed by atoms with Crippen LogP contribution in [0.5, 0.6) is 5.75 Å². The van der Waals surface area contributed by atoms with Gasteiger partial charge in [0, 0.05) is 0 Å². The topological polar surface area (TPSA) is 146 Å². The number of urea groups is 1. The lowest BCUT2D eigenvalue weighted by atomic mass is 9.99. The number of hydrogen-bond donors (Lipinski definition) is 4. The monoisotopic (exact) mass is 347 g/mol. The highest BCUT2D eigenvalue weighted by Crippen LogP contribution is 2.11. The number of nitrogens with zero attached hydrogens (tertiary/aromatic N) is 1. The van der Waals surface area contributed by atoms with E-state index in [9.17, 15) is 14.4 Å². The molecule has 134 valence electrons. The third-order valence-electron chi connectivity index (χ3n) is 3.47. The summed E-state index contributed by atoms with van der Waals surface area (Å²) in [4.78, 5) is 34.8. The Hall–Kier alpha value is -3.28. The van der Waals surface area contributed by atoms with Gasteiger partial charge in [0.05, 0.1) is 11.6 Å². The van der Waals surface area contributed by atoms with Crippen molar-refractivity contribution in [1.82, 2.24) is 16.2 Å². The van der Waals surface area contributed by atoms with Gasteiger partial charge in [-0.05, 0) is 30.2 Å². The fourth-order valence-corrected chi connectivity index (χ4v) is 1.87. The molecule has 0 aliphatic rings. The van der Waals surface area contributed by atoms with Crippen molar-refractivity contribution < 1.29 is 19.1 Å². The number of carbonyl (C=O) groups excluding carboxylic acids is 3. The van der Waals surface area contributed by atoms with Gasteiger partial charge in [-0.2, -0.15) is 5.26 Å². The van der Waals surface area contributed by atoms with E-state index in [-0.39, 0.29) is 12.5 Å². The third-order valence-corrected chi connectivity index (χ3v) is 3.47. The first-order chi connectivity index (χ1) is 11.9. The number of nitrogens with two attached hydrogens (primary N) is 1. The van der Waals surface area contributed by atoms with Crippen molar-refractivity contribution in [3.63, 3.8) is 0 Å². The molecule has 0 radical (unpaired) electrons. The maximum atomic E-state index is 12.1. The second kappa shape index (κ2) is 9.77. The first-order valence-electron chi connectivity index (χ1n) is 7.65. The molecule has 0 saturated carbocycles. The molecule has 0 heterocycles. The standard InChI is InChI=1S/C16H21N5O4/c1-3-10(2)14(19-16(18)24)15(23)21-20-13(22)9-25-12-6-4-11(8-17)5-7-12/h4-7,10,14H,3,9H2,1-2H3,(H,20,22)(H,21,23)(H3,18,19,24). The van der Waals surface area contributed by atoms with Crippen LogP contribution < -0.4 is 26.6 Å². The number of amides is 4. The first-order valence-corrected chi connectivity index (χ1v) is 7.65. The molecule has 25 heavy (non-hydrogen) atoms. The SMILES string of the molecule is CCC(C)C(NC(N)=O)C(=O)NNC(=O)COc1ccc(C#N)cc1. The van der Waals surface area contributed by atoms with Gasteiger partial charge in [-0.1, -0.05) is 20.3 Å². The quantitative estimate of drug-likeness (QED) is 0.519. The Morgan fingerprint density at radius 2 is 1.88 bits per heavy atom. The van der Waals surface area contributed by atoms with Crippen LogP contribution in [0.2, 0.25) is 0 Å². The summed E-state index contributed by atoms with van der Waals surface area (Å²) >= 11 is 0. The molecule has 2 atom stereocenters. The van der Waals surface area contributed by atoms with Crippen LogP contribution in [0, 0.1) is 17.2 Å². The summed E-state index contributed by atoms with van der Waals surface area (Å²) in [6, 6.07) is 6.51. The van der Waals surface area contributed by atoms with Crippen molar-refractivity contribution in [2.45, 2.75) is 26.3 Å². The number of primary amides is 1. The van der Waals surface area contributed by atoms with Crippen molar-refractivity contribution >= 4 is 17.8 Å². The van der Waals surface area contributed by atoms with Crippen molar-refractivity contribution in [3.8, 4) is 11.8 Å². The summed E-state index contributed by atoms with van der Waals surface area (Å²) in [6.45, 7) is 3.30.